The van der Waals surface area contributed by atoms with E-state index in [1.165, 1.54) is 5.56 Å². The molecule has 6 heteroatoms. The second-order valence-corrected chi connectivity index (χ2v) is 7.43. The first kappa shape index (κ1) is 16.4. The van der Waals surface area contributed by atoms with Crippen molar-refractivity contribution in [1.82, 2.24) is 19.9 Å². The number of aromatic nitrogens is 3. The molecule has 27 heavy (non-hydrogen) atoms. The molecule has 0 radical (unpaired) electrons. The molecule has 0 bridgehead atoms. The third kappa shape index (κ3) is 3.41. The molecule has 0 saturated carbocycles. The Morgan fingerprint density at radius 1 is 1.11 bits per heavy atom. The number of furan rings is 1. The summed E-state index contributed by atoms with van der Waals surface area (Å²) in [6, 6.07) is 10.1. The monoisotopic (exact) mass is 374 g/mol. The fourth-order valence-corrected chi connectivity index (χ4v) is 4.03. The maximum Gasteiger partial charge on any atom is 0.160 e. The van der Waals surface area contributed by atoms with Crippen LogP contribution >= 0.6 is 11.3 Å². The van der Waals surface area contributed by atoms with Crippen molar-refractivity contribution in [3.05, 3.63) is 76.7 Å². The van der Waals surface area contributed by atoms with Crippen molar-refractivity contribution in [1.29, 1.82) is 0 Å². The highest BCUT2D eigenvalue weighted by molar-refractivity contribution is 7.08. The zero-order chi connectivity index (χ0) is 18.1. The van der Waals surface area contributed by atoms with Crippen molar-refractivity contribution in [2.45, 2.75) is 19.5 Å². The summed E-state index contributed by atoms with van der Waals surface area (Å²) in [6.45, 7) is 2.61. The van der Waals surface area contributed by atoms with Gasteiger partial charge < -0.3 is 4.42 Å². The lowest BCUT2D eigenvalue weighted by atomic mass is 10.1. The predicted octanol–water partition coefficient (Wildman–Crippen LogP) is 4.42. The Labute approximate surface area is 161 Å². The molecule has 5 heterocycles. The van der Waals surface area contributed by atoms with E-state index in [1.807, 2.05) is 18.3 Å². The molecule has 0 amide bonds. The number of pyridine rings is 1. The lowest BCUT2D eigenvalue weighted by molar-refractivity contribution is 0.224. The van der Waals surface area contributed by atoms with Crippen LogP contribution in [0.15, 0.2) is 64.1 Å². The Kier molecular flexibility index (Phi) is 4.27. The minimum Gasteiger partial charge on any atom is -0.460 e. The maximum absolute atomic E-state index is 6.02. The second-order valence-electron chi connectivity index (χ2n) is 6.65. The first-order chi connectivity index (χ1) is 13.3. The van der Waals surface area contributed by atoms with E-state index in [2.05, 4.69) is 43.8 Å². The first-order valence-electron chi connectivity index (χ1n) is 8.94. The highest BCUT2D eigenvalue weighted by Gasteiger charge is 2.20. The average molecular weight is 374 g/mol. The van der Waals surface area contributed by atoms with Gasteiger partial charge in [0.15, 0.2) is 5.82 Å². The van der Waals surface area contributed by atoms with Crippen LogP contribution < -0.4 is 0 Å². The molecule has 0 fully saturated rings. The van der Waals surface area contributed by atoms with Crippen LogP contribution in [0.25, 0.3) is 22.7 Å². The normalized spacial score (nSPS) is 14.2. The van der Waals surface area contributed by atoms with Gasteiger partial charge in [-0.1, -0.05) is 0 Å². The van der Waals surface area contributed by atoms with Gasteiger partial charge in [-0.3, -0.25) is 9.88 Å². The quantitative estimate of drug-likeness (QED) is 0.529. The standard InChI is InChI=1S/C21H18N4OS/c1-2-15(10-22-7-1)21-23-11-17-12-25(8-5-19(17)24-21)13-18-3-4-20(26-18)16-6-9-27-14-16/h1-4,6-7,9-11,14H,5,8,12-13H2. The van der Waals surface area contributed by atoms with E-state index in [4.69, 9.17) is 9.40 Å². The number of hydrogen-bond donors (Lipinski definition) is 0. The largest absolute Gasteiger partial charge is 0.460 e. The highest BCUT2D eigenvalue weighted by atomic mass is 32.1. The van der Waals surface area contributed by atoms with Crippen LogP contribution in [-0.2, 0) is 19.5 Å². The van der Waals surface area contributed by atoms with Gasteiger partial charge in [-0.25, -0.2) is 9.97 Å². The SMILES string of the molecule is c1cncc(-c2ncc3c(n2)CCN(Cc2ccc(-c4ccsc4)o2)C3)c1. The smallest absolute Gasteiger partial charge is 0.160 e. The number of thiophene rings is 1. The van der Waals surface area contributed by atoms with Gasteiger partial charge in [0.25, 0.3) is 0 Å². The van der Waals surface area contributed by atoms with Crippen molar-refractivity contribution in [2.75, 3.05) is 6.54 Å². The van der Waals surface area contributed by atoms with Crippen molar-refractivity contribution in [3.63, 3.8) is 0 Å². The van der Waals surface area contributed by atoms with E-state index in [0.29, 0.717) is 0 Å². The fraction of sp³-hybridized carbons (Fsp3) is 0.190. The Balaban J connectivity index is 1.30. The molecule has 5 rings (SSSR count). The van der Waals surface area contributed by atoms with Gasteiger partial charge in [0.1, 0.15) is 11.5 Å². The van der Waals surface area contributed by atoms with Crippen LogP contribution in [0, 0.1) is 0 Å². The number of nitrogens with zero attached hydrogens (tertiary/aromatic N) is 4. The molecule has 4 aromatic rings. The number of rotatable bonds is 4. The van der Waals surface area contributed by atoms with E-state index in [0.717, 1.165) is 60.2 Å². The molecule has 0 spiro atoms. The van der Waals surface area contributed by atoms with Gasteiger partial charge in [0, 0.05) is 60.2 Å². The van der Waals surface area contributed by atoms with Gasteiger partial charge in [-0.2, -0.15) is 11.3 Å². The van der Waals surface area contributed by atoms with E-state index in [9.17, 15) is 0 Å². The van der Waals surface area contributed by atoms with E-state index < -0.39 is 0 Å². The third-order valence-corrected chi connectivity index (χ3v) is 5.46. The Morgan fingerprint density at radius 2 is 2.11 bits per heavy atom. The van der Waals surface area contributed by atoms with Crippen molar-refractivity contribution >= 4 is 11.3 Å². The summed E-state index contributed by atoms with van der Waals surface area (Å²) >= 11 is 1.68. The average Bonchev–Trinajstić information content (AvgIpc) is 3.40. The van der Waals surface area contributed by atoms with Crippen LogP contribution in [0.1, 0.15) is 17.0 Å². The molecule has 5 nitrogen and oxygen atoms in total. The molecule has 1 aliphatic heterocycles. The zero-order valence-electron chi connectivity index (χ0n) is 14.7. The minimum atomic E-state index is 0.752. The maximum atomic E-state index is 6.02. The van der Waals surface area contributed by atoms with Crippen LogP contribution in [0.4, 0.5) is 0 Å². The summed E-state index contributed by atoms with van der Waals surface area (Å²) in [5, 5.41) is 4.18. The summed E-state index contributed by atoms with van der Waals surface area (Å²) in [5.74, 6) is 2.68. The second kappa shape index (κ2) is 7.06. The molecule has 0 saturated heterocycles. The molecule has 0 atom stereocenters. The van der Waals surface area contributed by atoms with Crippen LogP contribution in [0.5, 0.6) is 0 Å². The predicted molar refractivity (Wildman–Crippen MR) is 105 cm³/mol. The summed E-state index contributed by atoms with van der Waals surface area (Å²) in [7, 11) is 0. The molecular formula is C21H18N4OS. The highest BCUT2D eigenvalue weighted by Crippen LogP contribution is 2.26. The molecule has 1 aliphatic rings. The summed E-state index contributed by atoms with van der Waals surface area (Å²) in [5.41, 5.74) is 4.43. The number of hydrogen-bond acceptors (Lipinski definition) is 6. The summed E-state index contributed by atoms with van der Waals surface area (Å²) < 4.78 is 6.02. The molecular weight excluding hydrogens is 356 g/mol. The van der Waals surface area contributed by atoms with Gasteiger partial charge in [-0.15, -0.1) is 0 Å². The zero-order valence-corrected chi connectivity index (χ0v) is 15.5. The Bertz CT molecular complexity index is 1040. The van der Waals surface area contributed by atoms with Crippen molar-refractivity contribution < 1.29 is 4.42 Å². The third-order valence-electron chi connectivity index (χ3n) is 4.78. The van der Waals surface area contributed by atoms with E-state index in [-0.39, 0.29) is 0 Å². The molecule has 0 aliphatic carbocycles. The summed E-state index contributed by atoms with van der Waals surface area (Å²) in [6.07, 6.45) is 6.44. The van der Waals surface area contributed by atoms with Gasteiger partial charge in [0.05, 0.1) is 12.2 Å². The molecule has 4 aromatic heterocycles. The Morgan fingerprint density at radius 3 is 2.96 bits per heavy atom. The lowest BCUT2D eigenvalue weighted by Crippen LogP contribution is -2.30. The molecule has 0 unspecified atom stereocenters. The van der Waals surface area contributed by atoms with Crippen LogP contribution in [-0.4, -0.2) is 26.4 Å². The number of fused-ring (bicyclic) bond motifs is 1. The Hall–Kier alpha value is -2.83. The fourth-order valence-electron chi connectivity index (χ4n) is 3.39. The van der Waals surface area contributed by atoms with Gasteiger partial charge in [-0.05, 0) is 35.7 Å². The van der Waals surface area contributed by atoms with Crippen LogP contribution in [0.2, 0.25) is 0 Å². The van der Waals surface area contributed by atoms with Crippen LogP contribution in [0.3, 0.4) is 0 Å². The summed E-state index contributed by atoms with van der Waals surface area (Å²) in [4.78, 5) is 15.8. The molecule has 0 N–H and O–H groups in total. The van der Waals surface area contributed by atoms with Crippen molar-refractivity contribution in [3.8, 4) is 22.7 Å². The van der Waals surface area contributed by atoms with Gasteiger partial charge in [0.2, 0.25) is 0 Å². The van der Waals surface area contributed by atoms with Crippen molar-refractivity contribution in [2.24, 2.45) is 0 Å². The molecule has 0 aromatic carbocycles. The molecule has 134 valence electrons. The topological polar surface area (TPSA) is 55.1 Å². The first-order valence-corrected chi connectivity index (χ1v) is 9.88. The lowest BCUT2D eigenvalue weighted by Gasteiger charge is -2.27. The van der Waals surface area contributed by atoms with E-state index in [1.54, 1.807) is 23.7 Å². The van der Waals surface area contributed by atoms with Gasteiger partial charge >= 0.3 is 0 Å². The van der Waals surface area contributed by atoms with E-state index >= 15 is 0 Å². The minimum absolute atomic E-state index is 0.752.